The van der Waals surface area contributed by atoms with Crippen molar-refractivity contribution >= 4 is 15.4 Å². The fourth-order valence-electron chi connectivity index (χ4n) is 0.250. The summed E-state index contributed by atoms with van der Waals surface area (Å²) in [7, 11) is 2.08. The molecule has 1 fully saturated rings. The van der Waals surface area contributed by atoms with Gasteiger partial charge in [-0.2, -0.15) is 0 Å². The maximum absolute atomic E-state index is 2.44. The average molecular weight is 84.0 g/mol. The molecule has 0 amide bonds. The van der Waals surface area contributed by atoms with Crippen LogP contribution < -0.4 is 0 Å². The lowest BCUT2D eigenvalue weighted by atomic mass is 10.7. The van der Waals surface area contributed by atoms with E-state index in [0.717, 1.165) is 0 Å². The standard InChI is InChI=1S/C3H9BSi/c1-5(4)2-3-5/h2-4H2,1H3. The van der Waals surface area contributed by atoms with Crippen molar-refractivity contribution in [2.45, 2.75) is 18.6 Å². The van der Waals surface area contributed by atoms with Crippen LogP contribution in [0.15, 0.2) is 0 Å². The smallest absolute Gasteiger partial charge is 0.0751 e. The van der Waals surface area contributed by atoms with E-state index in [1.54, 1.807) is 12.1 Å². The Bertz CT molecular complexity index is 44.9. The maximum Gasteiger partial charge on any atom is 0.0969 e. The second kappa shape index (κ2) is 0.672. The first-order valence-electron chi connectivity index (χ1n) is 2.21. The summed E-state index contributed by atoms with van der Waals surface area (Å²) in [5, 5.41) is 0. The van der Waals surface area contributed by atoms with Crippen molar-refractivity contribution in [2.75, 3.05) is 0 Å². The van der Waals surface area contributed by atoms with E-state index in [1.165, 1.54) is 0 Å². The highest BCUT2D eigenvalue weighted by Crippen LogP contribution is 2.31. The maximum atomic E-state index is 2.44. The van der Waals surface area contributed by atoms with E-state index in [1.807, 2.05) is 0 Å². The molecule has 0 N–H and O–H groups in total. The Morgan fingerprint density at radius 1 is 1.60 bits per heavy atom. The molecule has 0 unspecified atom stereocenters. The molecule has 0 aromatic heterocycles. The first kappa shape index (κ1) is 3.47. The second-order valence-corrected chi connectivity index (χ2v) is 7.99. The summed E-state index contributed by atoms with van der Waals surface area (Å²) in [4.78, 5) is 0. The highest BCUT2D eigenvalue weighted by atomic mass is 28.3. The van der Waals surface area contributed by atoms with Crippen LogP contribution in [-0.4, -0.2) is 15.4 Å². The number of hydrogen-bond donors (Lipinski definition) is 0. The van der Waals surface area contributed by atoms with Gasteiger partial charge in [0.15, 0.2) is 0 Å². The molecule has 0 saturated carbocycles. The molecule has 2 heteroatoms. The summed E-state index contributed by atoms with van der Waals surface area (Å²) in [6, 6.07) is 3.18. The highest BCUT2D eigenvalue weighted by molar-refractivity contribution is 7.22. The van der Waals surface area contributed by atoms with Crippen molar-refractivity contribution in [1.29, 1.82) is 0 Å². The van der Waals surface area contributed by atoms with Crippen molar-refractivity contribution in [3.63, 3.8) is 0 Å². The Kier molecular flexibility index (Phi) is 0.467. The van der Waals surface area contributed by atoms with Gasteiger partial charge in [0, 0.05) is 7.94 Å². The van der Waals surface area contributed by atoms with Gasteiger partial charge in [0.1, 0.15) is 0 Å². The molecule has 1 heterocycles. The first-order valence-corrected chi connectivity index (χ1v) is 5.62. The van der Waals surface area contributed by atoms with E-state index in [4.69, 9.17) is 0 Å². The summed E-state index contributed by atoms with van der Waals surface area (Å²) >= 11 is 0. The van der Waals surface area contributed by atoms with E-state index < -0.39 is 0 Å². The predicted octanol–water partition coefficient (Wildman–Crippen LogP) is 0.208. The van der Waals surface area contributed by atoms with Gasteiger partial charge in [-0.15, -0.1) is 0 Å². The van der Waals surface area contributed by atoms with Crippen LogP contribution in [0.25, 0.3) is 0 Å². The molecular formula is C3H9BSi. The van der Waals surface area contributed by atoms with Crippen LogP contribution in [-0.2, 0) is 0 Å². The minimum Gasteiger partial charge on any atom is -0.0751 e. The van der Waals surface area contributed by atoms with Gasteiger partial charge in [0.2, 0.25) is 0 Å². The van der Waals surface area contributed by atoms with Gasteiger partial charge >= 0.3 is 0 Å². The summed E-state index contributed by atoms with van der Waals surface area (Å²) in [6.07, 6.45) is 0. The third-order valence-corrected chi connectivity index (χ3v) is 3.75. The first-order chi connectivity index (χ1) is 2.21. The molecule has 1 aliphatic heterocycles. The Balaban J connectivity index is 2.38. The van der Waals surface area contributed by atoms with Gasteiger partial charge < -0.3 is 0 Å². The van der Waals surface area contributed by atoms with E-state index in [2.05, 4.69) is 14.0 Å². The van der Waals surface area contributed by atoms with Crippen LogP contribution in [0.5, 0.6) is 0 Å². The molecule has 0 aromatic rings. The minimum absolute atomic E-state index is 0.361. The number of hydrogen-bond acceptors (Lipinski definition) is 0. The zero-order valence-corrected chi connectivity index (χ0v) is 4.91. The molecule has 0 aromatic carbocycles. The Morgan fingerprint density at radius 3 is 1.80 bits per heavy atom. The van der Waals surface area contributed by atoms with E-state index >= 15 is 0 Å². The Hall–Kier alpha value is 0.282. The Labute approximate surface area is 34.9 Å². The van der Waals surface area contributed by atoms with E-state index in [9.17, 15) is 0 Å². The second-order valence-electron chi connectivity index (χ2n) is 2.66. The lowest BCUT2D eigenvalue weighted by Crippen LogP contribution is -2.04. The largest absolute Gasteiger partial charge is 0.0969 e. The third kappa shape index (κ3) is 0.799. The molecule has 28 valence electrons. The molecule has 1 rings (SSSR count). The molecule has 5 heavy (non-hydrogen) atoms. The summed E-state index contributed by atoms with van der Waals surface area (Å²) < 4.78 is 0. The summed E-state index contributed by atoms with van der Waals surface area (Å²) in [5.41, 5.74) is 0. The van der Waals surface area contributed by atoms with Crippen LogP contribution in [0.1, 0.15) is 0 Å². The molecule has 1 aliphatic rings. The highest BCUT2D eigenvalue weighted by Gasteiger charge is 2.32. The zero-order valence-electron chi connectivity index (χ0n) is 3.91. The fraction of sp³-hybridized carbons (Fsp3) is 1.00. The lowest BCUT2D eigenvalue weighted by Gasteiger charge is -1.81. The van der Waals surface area contributed by atoms with Crippen molar-refractivity contribution in [3.8, 4) is 0 Å². The minimum atomic E-state index is -0.361. The number of rotatable bonds is 0. The van der Waals surface area contributed by atoms with Gasteiger partial charge in [-0.3, -0.25) is 0 Å². The van der Waals surface area contributed by atoms with Gasteiger partial charge in [-0.25, -0.2) is 0 Å². The van der Waals surface area contributed by atoms with Crippen molar-refractivity contribution in [2.24, 2.45) is 0 Å². The monoisotopic (exact) mass is 84.1 g/mol. The van der Waals surface area contributed by atoms with Crippen molar-refractivity contribution in [1.82, 2.24) is 0 Å². The molecular weight excluding hydrogens is 74.9 g/mol. The van der Waals surface area contributed by atoms with E-state index in [-0.39, 0.29) is 7.94 Å². The van der Waals surface area contributed by atoms with Gasteiger partial charge in [0.05, 0.1) is 7.44 Å². The van der Waals surface area contributed by atoms with Crippen LogP contribution >= 0.6 is 0 Å². The molecule has 0 radical (unpaired) electrons. The van der Waals surface area contributed by atoms with Gasteiger partial charge in [0.25, 0.3) is 0 Å². The van der Waals surface area contributed by atoms with Crippen LogP contribution in [0.4, 0.5) is 0 Å². The normalized spacial score (nSPS) is 29.8. The zero-order chi connectivity index (χ0) is 3.91. The topological polar surface area (TPSA) is 0 Å². The molecule has 0 atom stereocenters. The van der Waals surface area contributed by atoms with Crippen LogP contribution in [0.2, 0.25) is 18.6 Å². The summed E-state index contributed by atoms with van der Waals surface area (Å²) in [5.74, 6) is 0. The quantitative estimate of drug-likeness (QED) is 0.368. The van der Waals surface area contributed by atoms with Crippen molar-refractivity contribution in [3.05, 3.63) is 0 Å². The lowest BCUT2D eigenvalue weighted by molar-refractivity contribution is 1.69. The van der Waals surface area contributed by atoms with Crippen LogP contribution in [0, 0.1) is 0 Å². The molecule has 0 aliphatic carbocycles. The fourth-order valence-corrected chi connectivity index (χ4v) is 2.25. The summed E-state index contributed by atoms with van der Waals surface area (Å²) in [6.45, 7) is 2.44. The predicted molar refractivity (Wildman–Crippen MR) is 29.8 cm³/mol. The average Bonchev–Trinajstić information content (AvgIpc) is 1.76. The molecule has 0 spiro atoms. The van der Waals surface area contributed by atoms with E-state index in [0.29, 0.717) is 0 Å². The third-order valence-electron chi connectivity index (χ3n) is 1.25. The van der Waals surface area contributed by atoms with Gasteiger partial charge in [-0.1, -0.05) is 18.6 Å². The molecule has 0 bridgehead atoms. The van der Waals surface area contributed by atoms with Crippen molar-refractivity contribution < 1.29 is 0 Å². The van der Waals surface area contributed by atoms with Gasteiger partial charge in [-0.05, 0) is 0 Å². The Morgan fingerprint density at radius 2 is 1.80 bits per heavy atom. The SMILES string of the molecule is B[Si]1(C)CC1. The van der Waals surface area contributed by atoms with Crippen LogP contribution in [0.3, 0.4) is 0 Å². The molecule has 1 saturated heterocycles. The molecule has 0 nitrogen and oxygen atoms in total.